The van der Waals surface area contributed by atoms with E-state index in [1.54, 1.807) is 0 Å². The zero-order valence-corrected chi connectivity index (χ0v) is 7.98. The van der Waals surface area contributed by atoms with Crippen LogP contribution in [-0.4, -0.2) is 25.5 Å². The van der Waals surface area contributed by atoms with E-state index in [0.717, 1.165) is 10.8 Å². The Morgan fingerprint density at radius 1 is 1.09 bits per heavy atom. The van der Waals surface area contributed by atoms with Crippen LogP contribution in [0, 0.1) is 10.8 Å². The van der Waals surface area contributed by atoms with Crippen LogP contribution in [0.4, 0.5) is 0 Å². The molecule has 0 aromatic heterocycles. The molecule has 3 fully saturated rings. The highest BCUT2D eigenvalue weighted by Gasteiger charge is 2.65. The third-order valence-electron chi connectivity index (χ3n) is 3.65. The zero-order chi connectivity index (χ0) is 8.11. The van der Waals surface area contributed by atoms with Crippen LogP contribution in [0.1, 0.15) is 32.6 Å². The van der Waals surface area contributed by atoms with Crippen molar-refractivity contribution in [1.82, 2.24) is 4.90 Å². The Morgan fingerprint density at radius 2 is 1.64 bits per heavy atom. The van der Waals surface area contributed by atoms with Crippen molar-refractivity contribution >= 4 is 0 Å². The summed E-state index contributed by atoms with van der Waals surface area (Å²) in [5.74, 6) is 0. The first-order valence-corrected chi connectivity index (χ1v) is 4.75. The fourth-order valence-electron chi connectivity index (χ4n) is 3.44. The molecule has 0 heterocycles. The summed E-state index contributed by atoms with van der Waals surface area (Å²) >= 11 is 0. The third kappa shape index (κ3) is 0.936. The fraction of sp³-hybridized carbons (Fsp3) is 1.00. The Morgan fingerprint density at radius 3 is 2.00 bits per heavy atom. The van der Waals surface area contributed by atoms with Gasteiger partial charge in [-0.2, -0.15) is 0 Å². The SMILES string of the molecule is CCC12CC(CN(C)C)(C1)C2. The molecule has 0 aromatic carbocycles. The number of nitrogens with zero attached hydrogens (tertiary/aromatic N) is 1. The average molecular weight is 153 g/mol. The molecule has 64 valence electrons. The van der Waals surface area contributed by atoms with Crippen LogP contribution < -0.4 is 0 Å². The maximum atomic E-state index is 2.35. The maximum Gasteiger partial charge on any atom is 0.00325 e. The van der Waals surface area contributed by atoms with E-state index >= 15 is 0 Å². The summed E-state index contributed by atoms with van der Waals surface area (Å²) in [4.78, 5) is 2.35. The summed E-state index contributed by atoms with van der Waals surface area (Å²) in [6.07, 6.45) is 5.99. The van der Waals surface area contributed by atoms with Gasteiger partial charge in [0.15, 0.2) is 0 Å². The van der Waals surface area contributed by atoms with Crippen molar-refractivity contribution in [1.29, 1.82) is 0 Å². The number of rotatable bonds is 3. The van der Waals surface area contributed by atoms with Gasteiger partial charge in [-0.25, -0.2) is 0 Å². The molecule has 0 atom stereocenters. The minimum absolute atomic E-state index is 0.777. The van der Waals surface area contributed by atoms with Gasteiger partial charge in [-0.3, -0.25) is 0 Å². The highest BCUT2D eigenvalue weighted by atomic mass is 15.1. The van der Waals surface area contributed by atoms with Crippen molar-refractivity contribution < 1.29 is 0 Å². The van der Waals surface area contributed by atoms with E-state index in [2.05, 4.69) is 25.9 Å². The van der Waals surface area contributed by atoms with Crippen LogP contribution >= 0.6 is 0 Å². The van der Waals surface area contributed by atoms with Crippen LogP contribution in [0.25, 0.3) is 0 Å². The first-order valence-electron chi connectivity index (χ1n) is 4.75. The van der Waals surface area contributed by atoms with Gasteiger partial charge in [-0.05, 0) is 44.2 Å². The zero-order valence-electron chi connectivity index (χ0n) is 7.98. The maximum absolute atomic E-state index is 2.35. The molecular formula is C10H19N. The van der Waals surface area contributed by atoms with Crippen LogP contribution in [-0.2, 0) is 0 Å². The monoisotopic (exact) mass is 153 g/mol. The second-order valence-electron chi connectivity index (χ2n) is 5.12. The molecule has 3 saturated carbocycles. The van der Waals surface area contributed by atoms with Gasteiger partial charge in [-0.1, -0.05) is 13.3 Å². The average Bonchev–Trinajstić information content (AvgIpc) is 1.74. The minimum atomic E-state index is 0.777. The van der Waals surface area contributed by atoms with Crippen molar-refractivity contribution in [3.8, 4) is 0 Å². The fourth-order valence-corrected chi connectivity index (χ4v) is 3.44. The molecule has 1 nitrogen and oxygen atoms in total. The van der Waals surface area contributed by atoms with Crippen LogP contribution in [0.2, 0.25) is 0 Å². The molecule has 0 aliphatic heterocycles. The molecule has 0 radical (unpaired) electrons. The van der Waals surface area contributed by atoms with Crippen LogP contribution in [0.3, 0.4) is 0 Å². The molecule has 3 aliphatic carbocycles. The normalized spacial score (nSPS) is 46.9. The van der Waals surface area contributed by atoms with Gasteiger partial charge in [-0.15, -0.1) is 0 Å². The standard InChI is InChI=1S/C10H19N/c1-4-9-5-10(6-9,7-9)8-11(2)3/h4-8H2,1-3H3. The Bertz CT molecular complexity index is 152. The van der Waals surface area contributed by atoms with Crippen LogP contribution in [0.15, 0.2) is 0 Å². The molecule has 0 unspecified atom stereocenters. The van der Waals surface area contributed by atoms with E-state index in [9.17, 15) is 0 Å². The predicted octanol–water partition coefficient (Wildman–Crippen LogP) is 2.13. The molecule has 0 N–H and O–H groups in total. The van der Waals surface area contributed by atoms with E-state index < -0.39 is 0 Å². The topological polar surface area (TPSA) is 3.24 Å². The molecule has 0 spiro atoms. The Balaban J connectivity index is 1.85. The molecule has 11 heavy (non-hydrogen) atoms. The molecular weight excluding hydrogens is 134 g/mol. The summed E-state index contributed by atoms with van der Waals surface area (Å²) in [6, 6.07) is 0. The quantitative estimate of drug-likeness (QED) is 0.600. The summed E-state index contributed by atoms with van der Waals surface area (Å²) in [7, 11) is 4.39. The summed E-state index contributed by atoms with van der Waals surface area (Å²) in [6.45, 7) is 3.67. The van der Waals surface area contributed by atoms with Crippen molar-refractivity contribution in [2.45, 2.75) is 32.6 Å². The van der Waals surface area contributed by atoms with Gasteiger partial charge in [0, 0.05) is 6.54 Å². The molecule has 1 heteroatoms. The van der Waals surface area contributed by atoms with Gasteiger partial charge in [0.05, 0.1) is 0 Å². The largest absolute Gasteiger partial charge is 0.309 e. The molecule has 3 aliphatic rings. The first-order chi connectivity index (χ1) is 5.10. The van der Waals surface area contributed by atoms with Crippen molar-refractivity contribution in [3.63, 3.8) is 0 Å². The molecule has 3 rings (SSSR count). The van der Waals surface area contributed by atoms with E-state index in [4.69, 9.17) is 0 Å². The second-order valence-corrected chi connectivity index (χ2v) is 5.12. The lowest BCUT2D eigenvalue weighted by Crippen LogP contribution is -2.64. The Hall–Kier alpha value is -0.0400. The van der Waals surface area contributed by atoms with E-state index in [-0.39, 0.29) is 0 Å². The van der Waals surface area contributed by atoms with Crippen molar-refractivity contribution in [2.75, 3.05) is 20.6 Å². The summed E-state index contributed by atoms with van der Waals surface area (Å²) < 4.78 is 0. The third-order valence-corrected chi connectivity index (χ3v) is 3.65. The number of hydrogen-bond donors (Lipinski definition) is 0. The number of hydrogen-bond acceptors (Lipinski definition) is 1. The van der Waals surface area contributed by atoms with Crippen molar-refractivity contribution in [3.05, 3.63) is 0 Å². The van der Waals surface area contributed by atoms with Gasteiger partial charge in [0.2, 0.25) is 0 Å². The minimum Gasteiger partial charge on any atom is -0.309 e. The van der Waals surface area contributed by atoms with Gasteiger partial charge in [0.1, 0.15) is 0 Å². The highest BCUT2D eigenvalue weighted by molar-refractivity contribution is 5.16. The molecule has 0 aromatic rings. The van der Waals surface area contributed by atoms with E-state index in [1.165, 1.54) is 32.2 Å². The second kappa shape index (κ2) is 2.01. The van der Waals surface area contributed by atoms with Gasteiger partial charge in [0.25, 0.3) is 0 Å². The van der Waals surface area contributed by atoms with Crippen molar-refractivity contribution in [2.24, 2.45) is 10.8 Å². The molecule has 2 bridgehead atoms. The summed E-state index contributed by atoms with van der Waals surface area (Å²) in [5.41, 5.74) is 1.61. The predicted molar refractivity (Wildman–Crippen MR) is 47.6 cm³/mol. The van der Waals surface area contributed by atoms with E-state index in [0.29, 0.717) is 0 Å². The van der Waals surface area contributed by atoms with Gasteiger partial charge >= 0.3 is 0 Å². The lowest BCUT2D eigenvalue weighted by Gasteiger charge is -2.72. The van der Waals surface area contributed by atoms with Crippen LogP contribution in [0.5, 0.6) is 0 Å². The lowest BCUT2D eigenvalue weighted by atomic mass is 9.34. The Kier molecular flexibility index (Phi) is 1.39. The molecule has 0 saturated heterocycles. The lowest BCUT2D eigenvalue weighted by molar-refractivity contribution is -0.211. The Labute approximate surface area is 69.8 Å². The molecule has 0 amide bonds. The van der Waals surface area contributed by atoms with E-state index in [1.807, 2.05) is 0 Å². The summed E-state index contributed by atoms with van der Waals surface area (Å²) in [5, 5.41) is 0. The highest BCUT2D eigenvalue weighted by Crippen LogP contribution is 2.74. The van der Waals surface area contributed by atoms with Gasteiger partial charge < -0.3 is 4.90 Å². The smallest absolute Gasteiger partial charge is 0.00325 e. The first kappa shape index (κ1) is 7.60.